The molecule has 2 N–H and O–H groups in total. The van der Waals surface area contributed by atoms with Gasteiger partial charge in [0.2, 0.25) is 0 Å². The second-order valence-electron chi connectivity index (χ2n) is 3.54. The second kappa shape index (κ2) is 3.47. The van der Waals surface area contributed by atoms with Crippen LogP contribution in [-0.2, 0) is 0 Å². The van der Waals surface area contributed by atoms with E-state index in [1.165, 1.54) is 0 Å². The Bertz CT molecular complexity index is 166. The molecule has 5 nitrogen and oxygen atoms in total. The molecule has 6 heteroatoms. The minimum atomic E-state index is -1.47. The Morgan fingerprint density at radius 1 is 1.55 bits per heavy atom. The molecule has 0 spiro atoms. The van der Waals surface area contributed by atoms with Gasteiger partial charge in [0.1, 0.15) is 0 Å². The van der Waals surface area contributed by atoms with Gasteiger partial charge in [-0.1, -0.05) is 19.6 Å². The Hall–Kier alpha value is -0.913. The molecular formula is C5H13N3O2Si. The van der Waals surface area contributed by atoms with E-state index in [-0.39, 0.29) is 0 Å². The number of rotatable bonds is 3. The van der Waals surface area contributed by atoms with Gasteiger partial charge in [-0.3, -0.25) is 0 Å². The van der Waals surface area contributed by atoms with Crippen molar-refractivity contribution >= 4 is 14.1 Å². The van der Waals surface area contributed by atoms with E-state index < -0.39 is 14.1 Å². The molecule has 0 aliphatic rings. The zero-order chi connectivity index (χ0) is 9.07. The van der Waals surface area contributed by atoms with Gasteiger partial charge >= 0.3 is 6.03 Å². The summed E-state index contributed by atoms with van der Waals surface area (Å²) in [5, 5.41) is 3.29. The van der Waals surface area contributed by atoms with Crippen LogP contribution in [-0.4, -0.2) is 25.3 Å². The number of urea groups is 1. The summed E-state index contributed by atoms with van der Waals surface area (Å²) in [6.07, 6.45) is 0.381. The quantitative estimate of drug-likeness (QED) is 0.393. The lowest BCUT2D eigenvalue weighted by molar-refractivity contribution is 0.216. The molecule has 0 fully saturated rings. The summed E-state index contributed by atoms with van der Waals surface area (Å²) >= 11 is 0. The Labute approximate surface area is 66.5 Å². The highest BCUT2D eigenvalue weighted by atomic mass is 28.3. The molecule has 0 bridgehead atoms. The molecule has 0 heterocycles. The Morgan fingerprint density at radius 3 is 2.09 bits per heavy atom. The van der Waals surface area contributed by atoms with Gasteiger partial charge in [0.25, 0.3) is 0 Å². The van der Waals surface area contributed by atoms with Gasteiger partial charge in [0.05, 0.1) is 13.4 Å². The number of hydrogen-bond donors (Lipinski definition) is 1. The average molecular weight is 175 g/mol. The Morgan fingerprint density at radius 2 is 2.00 bits per heavy atom. The zero-order valence-corrected chi connectivity index (χ0v) is 8.00. The summed E-state index contributed by atoms with van der Waals surface area (Å²) in [7, 11) is -1.47. The number of amides is 2. The summed E-state index contributed by atoms with van der Waals surface area (Å²) < 4.78 is 0. The van der Waals surface area contributed by atoms with Crippen molar-refractivity contribution in [3.8, 4) is 0 Å². The molecule has 0 aromatic rings. The van der Waals surface area contributed by atoms with Crippen molar-refractivity contribution in [3.05, 3.63) is 4.91 Å². The van der Waals surface area contributed by atoms with Crippen molar-refractivity contribution in [3.63, 3.8) is 0 Å². The summed E-state index contributed by atoms with van der Waals surface area (Å²) in [4.78, 5) is 20.5. The van der Waals surface area contributed by atoms with Crippen LogP contribution in [0.1, 0.15) is 0 Å². The first-order valence-electron chi connectivity index (χ1n) is 3.27. The van der Waals surface area contributed by atoms with Crippen LogP contribution in [0.5, 0.6) is 0 Å². The van der Waals surface area contributed by atoms with Crippen LogP contribution in [0.4, 0.5) is 4.79 Å². The van der Waals surface area contributed by atoms with E-state index in [0.717, 1.165) is 5.01 Å². The van der Waals surface area contributed by atoms with Crippen molar-refractivity contribution in [2.24, 2.45) is 11.0 Å². The molecule has 64 valence electrons. The van der Waals surface area contributed by atoms with Crippen LogP contribution in [0.25, 0.3) is 0 Å². The molecule has 0 atom stereocenters. The molecule has 0 saturated heterocycles. The summed E-state index contributed by atoms with van der Waals surface area (Å²) in [5.74, 6) is 0. The van der Waals surface area contributed by atoms with Crippen LogP contribution < -0.4 is 5.73 Å². The van der Waals surface area contributed by atoms with Crippen molar-refractivity contribution < 1.29 is 4.79 Å². The van der Waals surface area contributed by atoms with Gasteiger partial charge < -0.3 is 5.73 Å². The standard InChI is InChI=1S/C5H13N3O2Si/c1-11(2,3)4-8(7-10)5(6)9/h4H2,1-3H3,(H2,6,9). The lowest BCUT2D eigenvalue weighted by Gasteiger charge is -2.19. The van der Waals surface area contributed by atoms with Gasteiger partial charge in [-0.25, -0.2) is 4.79 Å². The van der Waals surface area contributed by atoms with E-state index in [2.05, 4.69) is 5.29 Å². The highest BCUT2D eigenvalue weighted by Crippen LogP contribution is 2.03. The van der Waals surface area contributed by atoms with Crippen molar-refractivity contribution in [2.75, 3.05) is 6.17 Å². The minimum Gasteiger partial charge on any atom is -0.350 e. The molecule has 0 aromatic carbocycles. The molecule has 0 saturated carbocycles. The first-order valence-corrected chi connectivity index (χ1v) is 6.98. The van der Waals surface area contributed by atoms with E-state index >= 15 is 0 Å². The van der Waals surface area contributed by atoms with Crippen LogP contribution in [0.15, 0.2) is 5.29 Å². The molecular weight excluding hydrogens is 162 g/mol. The zero-order valence-electron chi connectivity index (χ0n) is 7.00. The Balaban J connectivity index is 4.10. The van der Waals surface area contributed by atoms with Crippen LogP contribution in [0, 0.1) is 4.91 Å². The SMILES string of the molecule is C[Si](C)(C)CN(N=O)C(N)=O. The fraction of sp³-hybridized carbons (Fsp3) is 0.800. The number of carbonyl (C=O) groups excluding carboxylic acids is 1. The smallest absolute Gasteiger partial charge is 0.337 e. The first-order chi connectivity index (χ1) is 4.87. The summed E-state index contributed by atoms with van der Waals surface area (Å²) in [6, 6.07) is -0.776. The highest BCUT2D eigenvalue weighted by molar-refractivity contribution is 6.76. The maximum atomic E-state index is 10.5. The monoisotopic (exact) mass is 175 g/mol. The van der Waals surface area contributed by atoms with Crippen LogP contribution in [0.3, 0.4) is 0 Å². The van der Waals surface area contributed by atoms with Crippen molar-refractivity contribution in [2.45, 2.75) is 19.6 Å². The van der Waals surface area contributed by atoms with Gasteiger partial charge in [0.15, 0.2) is 0 Å². The van der Waals surface area contributed by atoms with E-state index in [4.69, 9.17) is 5.73 Å². The largest absolute Gasteiger partial charge is 0.350 e. The average Bonchev–Trinajstić information content (AvgIpc) is 1.80. The van der Waals surface area contributed by atoms with Crippen molar-refractivity contribution in [1.29, 1.82) is 0 Å². The third kappa shape index (κ3) is 4.49. The molecule has 0 radical (unpaired) electrons. The number of hydrogen-bond acceptors (Lipinski definition) is 3. The van der Waals surface area contributed by atoms with Gasteiger partial charge in [0, 0.05) is 6.17 Å². The maximum Gasteiger partial charge on any atom is 0.337 e. The van der Waals surface area contributed by atoms with Crippen LogP contribution >= 0.6 is 0 Å². The minimum absolute atomic E-state index is 0.381. The summed E-state index contributed by atoms with van der Waals surface area (Å²) in [6.45, 7) is 6.07. The number of primary amides is 1. The van der Waals surface area contributed by atoms with E-state index in [9.17, 15) is 9.70 Å². The van der Waals surface area contributed by atoms with Gasteiger partial charge in [-0.05, 0) is 0 Å². The lowest BCUT2D eigenvalue weighted by Crippen LogP contribution is -2.42. The molecule has 0 aliphatic carbocycles. The van der Waals surface area contributed by atoms with E-state index in [1.807, 2.05) is 19.6 Å². The fourth-order valence-corrected chi connectivity index (χ4v) is 1.71. The predicted octanol–water partition coefficient (Wildman–Crippen LogP) is 0.926. The normalized spacial score (nSPS) is 10.8. The number of nitrogens with two attached hydrogens (primary N) is 1. The predicted molar refractivity (Wildman–Crippen MR) is 45.4 cm³/mol. The topological polar surface area (TPSA) is 75.8 Å². The Kier molecular flexibility index (Phi) is 3.18. The maximum absolute atomic E-state index is 10.5. The number of nitroso groups, excluding NO2 is 1. The van der Waals surface area contributed by atoms with Gasteiger partial charge in [-0.15, -0.1) is 4.91 Å². The van der Waals surface area contributed by atoms with Crippen LogP contribution in [0.2, 0.25) is 19.6 Å². The molecule has 0 aliphatic heterocycles. The molecule has 2 amide bonds. The van der Waals surface area contributed by atoms with E-state index in [1.54, 1.807) is 0 Å². The third-order valence-corrected chi connectivity index (χ3v) is 2.23. The second-order valence-corrected chi connectivity index (χ2v) is 8.98. The van der Waals surface area contributed by atoms with Crippen molar-refractivity contribution in [1.82, 2.24) is 5.01 Å². The third-order valence-electron chi connectivity index (χ3n) is 0.977. The number of carbonyl (C=O) groups is 1. The number of nitrogens with zero attached hydrogens (tertiary/aromatic N) is 2. The molecule has 11 heavy (non-hydrogen) atoms. The molecule has 0 unspecified atom stereocenters. The van der Waals surface area contributed by atoms with E-state index in [0.29, 0.717) is 6.17 Å². The lowest BCUT2D eigenvalue weighted by atomic mass is 11.0. The highest BCUT2D eigenvalue weighted by Gasteiger charge is 2.21. The van der Waals surface area contributed by atoms with Gasteiger partial charge in [-0.2, -0.15) is 5.01 Å². The molecule has 0 rings (SSSR count). The first kappa shape index (κ1) is 10.1. The molecule has 0 aromatic heterocycles. The summed E-state index contributed by atoms with van der Waals surface area (Å²) in [5.41, 5.74) is 4.87. The fourth-order valence-electron chi connectivity index (χ4n) is 0.596.